The van der Waals surface area contributed by atoms with Gasteiger partial charge in [0.15, 0.2) is 0 Å². The van der Waals surface area contributed by atoms with Crippen molar-refractivity contribution in [3.63, 3.8) is 0 Å². The lowest BCUT2D eigenvalue weighted by Crippen LogP contribution is -2.51. The molecule has 1 aliphatic rings. The molecule has 2 atom stereocenters. The fourth-order valence-corrected chi connectivity index (χ4v) is 2.60. The Morgan fingerprint density at radius 2 is 1.76 bits per heavy atom. The van der Waals surface area contributed by atoms with Crippen molar-refractivity contribution in [3.8, 4) is 0 Å². The molecule has 1 saturated heterocycles. The zero-order chi connectivity index (χ0) is 16.2. The molecule has 2 N–H and O–H groups in total. The largest absolute Gasteiger partial charge is 0.343 e. The summed E-state index contributed by atoms with van der Waals surface area (Å²) in [6.45, 7) is 9.38. The van der Waals surface area contributed by atoms with Gasteiger partial charge in [-0.3, -0.25) is 9.59 Å². The normalized spacial score (nSPS) is 19.5. The molecule has 0 aliphatic carbocycles. The van der Waals surface area contributed by atoms with Gasteiger partial charge in [-0.1, -0.05) is 20.3 Å². The summed E-state index contributed by atoms with van der Waals surface area (Å²) < 4.78 is 0. The zero-order valence-electron chi connectivity index (χ0n) is 14.1. The molecule has 5 nitrogen and oxygen atoms in total. The van der Waals surface area contributed by atoms with E-state index in [0.29, 0.717) is 13.1 Å². The van der Waals surface area contributed by atoms with E-state index in [4.69, 9.17) is 5.73 Å². The number of amides is 2. The van der Waals surface area contributed by atoms with Crippen molar-refractivity contribution >= 4 is 11.8 Å². The molecule has 5 heteroatoms. The average Bonchev–Trinajstić information content (AvgIpc) is 2.51. The number of rotatable bonds is 5. The number of hydrogen-bond acceptors (Lipinski definition) is 3. The van der Waals surface area contributed by atoms with E-state index >= 15 is 0 Å². The van der Waals surface area contributed by atoms with Crippen LogP contribution < -0.4 is 5.73 Å². The minimum Gasteiger partial charge on any atom is -0.343 e. The summed E-state index contributed by atoms with van der Waals surface area (Å²) in [5.41, 5.74) is 6.02. The Hall–Kier alpha value is -1.10. The van der Waals surface area contributed by atoms with Crippen molar-refractivity contribution in [2.24, 2.45) is 17.6 Å². The molecule has 122 valence electrons. The summed E-state index contributed by atoms with van der Waals surface area (Å²) >= 11 is 0. The topological polar surface area (TPSA) is 66.6 Å². The maximum Gasteiger partial charge on any atom is 0.239 e. The fourth-order valence-electron chi connectivity index (χ4n) is 2.60. The molecule has 21 heavy (non-hydrogen) atoms. The highest BCUT2D eigenvalue weighted by molar-refractivity contribution is 5.83. The van der Waals surface area contributed by atoms with Crippen LogP contribution in [0, 0.1) is 11.8 Å². The van der Waals surface area contributed by atoms with Crippen LogP contribution in [-0.4, -0.2) is 53.8 Å². The van der Waals surface area contributed by atoms with Gasteiger partial charge in [-0.2, -0.15) is 0 Å². The molecule has 1 rings (SSSR count). The van der Waals surface area contributed by atoms with Crippen LogP contribution >= 0.6 is 0 Å². The maximum absolute atomic E-state index is 12.3. The number of likely N-dealkylation sites (tertiary alicyclic amines) is 1. The van der Waals surface area contributed by atoms with Crippen LogP contribution in [0.3, 0.4) is 0 Å². The van der Waals surface area contributed by atoms with Crippen molar-refractivity contribution in [2.45, 2.75) is 59.0 Å². The van der Waals surface area contributed by atoms with Gasteiger partial charge in [0, 0.05) is 32.1 Å². The van der Waals surface area contributed by atoms with Gasteiger partial charge in [0.2, 0.25) is 11.8 Å². The van der Waals surface area contributed by atoms with Crippen molar-refractivity contribution in [3.05, 3.63) is 0 Å². The molecular weight excluding hydrogens is 266 g/mol. The lowest BCUT2D eigenvalue weighted by Gasteiger charge is -2.36. The molecule has 1 fully saturated rings. The van der Waals surface area contributed by atoms with Crippen molar-refractivity contribution in [1.82, 2.24) is 9.80 Å². The molecule has 1 heterocycles. The second-order valence-electron chi connectivity index (χ2n) is 6.55. The van der Waals surface area contributed by atoms with Crippen LogP contribution in [0.15, 0.2) is 0 Å². The standard InChI is InChI=1S/C16H31N3O2/c1-6-12(4)14(17)16(21)19-9-7-13(8-10-19)15(20)18(5)11(2)3/h11-14H,6-10,17H2,1-5H3. The number of carbonyl (C=O) groups excluding carboxylic acids is 2. The average molecular weight is 297 g/mol. The summed E-state index contributed by atoms with van der Waals surface area (Å²) in [7, 11) is 1.85. The van der Waals surface area contributed by atoms with E-state index in [2.05, 4.69) is 0 Å². The molecule has 0 aromatic rings. The van der Waals surface area contributed by atoms with Crippen LogP contribution in [0.1, 0.15) is 47.0 Å². The third-order valence-electron chi connectivity index (χ3n) is 4.82. The highest BCUT2D eigenvalue weighted by Crippen LogP contribution is 2.21. The molecule has 0 saturated carbocycles. The Morgan fingerprint density at radius 1 is 1.24 bits per heavy atom. The van der Waals surface area contributed by atoms with Crippen LogP contribution in [0.5, 0.6) is 0 Å². The van der Waals surface area contributed by atoms with Gasteiger partial charge in [0.05, 0.1) is 6.04 Å². The fraction of sp³-hybridized carbons (Fsp3) is 0.875. The molecule has 0 aromatic carbocycles. The third kappa shape index (κ3) is 4.43. The van der Waals surface area contributed by atoms with Gasteiger partial charge in [-0.05, 0) is 32.6 Å². The van der Waals surface area contributed by atoms with E-state index in [1.165, 1.54) is 0 Å². The van der Waals surface area contributed by atoms with Gasteiger partial charge in [0.1, 0.15) is 0 Å². The van der Waals surface area contributed by atoms with E-state index in [1.54, 1.807) is 4.90 Å². The third-order valence-corrected chi connectivity index (χ3v) is 4.82. The Balaban J connectivity index is 2.52. The minimum atomic E-state index is -0.416. The predicted octanol–water partition coefficient (Wildman–Crippen LogP) is 1.47. The first-order valence-corrected chi connectivity index (χ1v) is 8.10. The lowest BCUT2D eigenvalue weighted by molar-refractivity contribution is -0.141. The summed E-state index contributed by atoms with van der Waals surface area (Å²) in [5, 5.41) is 0. The van der Waals surface area contributed by atoms with Gasteiger partial charge in [-0.25, -0.2) is 0 Å². The monoisotopic (exact) mass is 297 g/mol. The quantitative estimate of drug-likeness (QED) is 0.835. The summed E-state index contributed by atoms with van der Waals surface area (Å²) in [5.74, 6) is 0.473. The van der Waals surface area contributed by atoms with Gasteiger partial charge in [0.25, 0.3) is 0 Å². The summed E-state index contributed by atoms with van der Waals surface area (Å²) in [4.78, 5) is 28.3. The first-order chi connectivity index (χ1) is 9.79. The summed E-state index contributed by atoms with van der Waals surface area (Å²) in [6.07, 6.45) is 2.39. The molecule has 1 aliphatic heterocycles. The van der Waals surface area contributed by atoms with Gasteiger partial charge < -0.3 is 15.5 Å². The molecule has 2 unspecified atom stereocenters. The van der Waals surface area contributed by atoms with Crippen LogP contribution in [0.2, 0.25) is 0 Å². The SMILES string of the molecule is CCC(C)C(N)C(=O)N1CCC(C(=O)N(C)C(C)C)CC1. The molecule has 0 aromatic heterocycles. The zero-order valence-corrected chi connectivity index (χ0v) is 14.1. The molecule has 0 radical (unpaired) electrons. The van der Waals surface area contributed by atoms with Crippen molar-refractivity contribution in [1.29, 1.82) is 0 Å². The van der Waals surface area contributed by atoms with E-state index in [0.717, 1.165) is 19.3 Å². The second kappa shape index (κ2) is 7.78. The van der Waals surface area contributed by atoms with Crippen molar-refractivity contribution < 1.29 is 9.59 Å². The number of piperidine rings is 1. The maximum atomic E-state index is 12.3. The highest BCUT2D eigenvalue weighted by atomic mass is 16.2. The van der Waals surface area contributed by atoms with Crippen molar-refractivity contribution in [2.75, 3.05) is 20.1 Å². The number of hydrogen-bond donors (Lipinski definition) is 1. The molecule has 2 amide bonds. The Bertz CT molecular complexity index is 363. The number of nitrogens with two attached hydrogens (primary N) is 1. The smallest absolute Gasteiger partial charge is 0.239 e. The number of nitrogens with zero attached hydrogens (tertiary/aromatic N) is 2. The minimum absolute atomic E-state index is 0.0347. The molecule has 0 bridgehead atoms. The molecule has 0 spiro atoms. The lowest BCUT2D eigenvalue weighted by atomic mass is 9.93. The highest BCUT2D eigenvalue weighted by Gasteiger charge is 2.32. The summed E-state index contributed by atoms with van der Waals surface area (Å²) in [6, 6.07) is -0.198. The van der Waals surface area contributed by atoms with E-state index in [1.807, 2.05) is 39.6 Å². The Morgan fingerprint density at radius 3 is 2.19 bits per heavy atom. The first kappa shape index (κ1) is 18.0. The van der Waals surface area contributed by atoms with Crippen LogP contribution in [0.4, 0.5) is 0 Å². The number of carbonyl (C=O) groups is 2. The van der Waals surface area contributed by atoms with E-state index in [9.17, 15) is 9.59 Å². The first-order valence-electron chi connectivity index (χ1n) is 8.10. The molecular formula is C16H31N3O2. The van der Waals surface area contributed by atoms with E-state index < -0.39 is 6.04 Å². The van der Waals surface area contributed by atoms with Crippen LogP contribution in [0.25, 0.3) is 0 Å². The second-order valence-corrected chi connectivity index (χ2v) is 6.55. The predicted molar refractivity (Wildman–Crippen MR) is 84.6 cm³/mol. The Kier molecular flexibility index (Phi) is 6.65. The van der Waals surface area contributed by atoms with Gasteiger partial charge in [-0.15, -0.1) is 0 Å². The van der Waals surface area contributed by atoms with E-state index in [-0.39, 0.29) is 29.7 Å². The Labute approximate surface area is 128 Å². The van der Waals surface area contributed by atoms with Crippen LogP contribution in [-0.2, 0) is 9.59 Å². The van der Waals surface area contributed by atoms with Gasteiger partial charge >= 0.3 is 0 Å².